The van der Waals surface area contributed by atoms with Gasteiger partial charge >= 0.3 is 0 Å². The van der Waals surface area contributed by atoms with Crippen LogP contribution < -0.4 is 0 Å². The third kappa shape index (κ3) is 1.96. The van der Waals surface area contributed by atoms with Gasteiger partial charge in [0.05, 0.1) is 17.5 Å². The van der Waals surface area contributed by atoms with Crippen LogP contribution in [0.15, 0.2) is 16.6 Å². The molecule has 0 unspecified atom stereocenters. The lowest BCUT2D eigenvalue weighted by atomic mass is 10.2. The van der Waals surface area contributed by atoms with E-state index in [1.165, 1.54) is 12.1 Å². The van der Waals surface area contributed by atoms with Gasteiger partial charge in [-0.2, -0.15) is 5.26 Å². The lowest BCUT2D eigenvalue weighted by Gasteiger charge is -2.00. The highest BCUT2D eigenvalue weighted by Gasteiger charge is 2.05. The lowest BCUT2D eigenvalue weighted by molar-refractivity contribution is 0.626. The molecule has 0 N–H and O–H groups in total. The number of nitriles is 1. The van der Waals surface area contributed by atoms with E-state index in [0.717, 1.165) is 0 Å². The van der Waals surface area contributed by atoms with Crippen molar-refractivity contribution in [2.24, 2.45) is 0 Å². The molecular formula is C8H4BrClFN. The Labute approximate surface area is 82.9 Å². The molecule has 1 nitrogen and oxygen atoms in total. The van der Waals surface area contributed by atoms with E-state index in [-0.39, 0.29) is 11.4 Å². The minimum atomic E-state index is -0.495. The summed E-state index contributed by atoms with van der Waals surface area (Å²) in [7, 11) is 0. The molecule has 0 aromatic heterocycles. The van der Waals surface area contributed by atoms with Crippen LogP contribution in [0.1, 0.15) is 5.56 Å². The molecule has 0 aliphatic heterocycles. The van der Waals surface area contributed by atoms with E-state index in [1.807, 2.05) is 6.07 Å². The molecule has 62 valence electrons. The van der Waals surface area contributed by atoms with Crippen LogP contribution in [0.25, 0.3) is 0 Å². The first-order valence-electron chi connectivity index (χ1n) is 3.15. The van der Waals surface area contributed by atoms with Gasteiger partial charge in [-0.1, -0.05) is 27.5 Å². The largest absolute Gasteiger partial charge is 0.205 e. The van der Waals surface area contributed by atoms with Crippen LogP contribution in [0.5, 0.6) is 0 Å². The first-order valence-corrected chi connectivity index (χ1v) is 4.32. The first-order chi connectivity index (χ1) is 5.65. The summed E-state index contributed by atoms with van der Waals surface area (Å²) in [5, 5.41) is 8.44. The number of hydrogen-bond acceptors (Lipinski definition) is 1. The lowest BCUT2D eigenvalue weighted by Crippen LogP contribution is -1.87. The molecule has 4 heteroatoms. The van der Waals surface area contributed by atoms with Crippen LogP contribution in [0.4, 0.5) is 4.39 Å². The molecule has 0 atom stereocenters. The maximum atomic E-state index is 12.8. The van der Waals surface area contributed by atoms with E-state index < -0.39 is 5.82 Å². The SMILES string of the molecule is N#CCc1cc(F)c(Cl)cc1Br. The Morgan fingerprint density at radius 2 is 2.25 bits per heavy atom. The Hall–Kier alpha value is -0.590. The van der Waals surface area contributed by atoms with Gasteiger partial charge in [-0.05, 0) is 17.7 Å². The Morgan fingerprint density at radius 3 is 2.83 bits per heavy atom. The van der Waals surface area contributed by atoms with Crippen LogP contribution >= 0.6 is 27.5 Å². The van der Waals surface area contributed by atoms with Crippen LogP contribution in [-0.4, -0.2) is 0 Å². The standard InChI is InChI=1S/C8H4BrClFN/c9-6-4-7(10)8(11)3-5(6)1-2-12/h3-4H,1H2. The van der Waals surface area contributed by atoms with Gasteiger partial charge in [0.15, 0.2) is 0 Å². The third-order valence-electron chi connectivity index (χ3n) is 1.36. The van der Waals surface area contributed by atoms with Gasteiger partial charge < -0.3 is 0 Å². The minimum Gasteiger partial charge on any atom is -0.205 e. The van der Waals surface area contributed by atoms with Gasteiger partial charge in [-0.25, -0.2) is 4.39 Å². The Balaban J connectivity index is 3.16. The Kier molecular flexibility index (Phi) is 3.07. The second-order valence-electron chi connectivity index (χ2n) is 2.19. The summed E-state index contributed by atoms with van der Waals surface area (Å²) in [5.74, 6) is -0.495. The quantitative estimate of drug-likeness (QED) is 0.700. The van der Waals surface area contributed by atoms with Crippen molar-refractivity contribution in [1.29, 1.82) is 5.26 Å². The van der Waals surface area contributed by atoms with Crippen LogP contribution in [-0.2, 0) is 6.42 Å². The third-order valence-corrected chi connectivity index (χ3v) is 2.39. The van der Waals surface area contributed by atoms with Gasteiger partial charge in [0.2, 0.25) is 0 Å². The fraction of sp³-hybridized carbons (Fsp3) is 0.125. The molecule has 12 heavy (non-hydrogen) atoms. The van der Waals surface area contributed by atoms with E-state index in [1.54, 1.807) is 0 Å². The molecular weight excluding hydrogens is 244 g/mol. The topological polar surface area (TPSA) is 23.8 Å². The zero-order valence-corrected chi connectivity index (χ0v) is 8.28. The molecule has 0 aliphatic rings. The second kappa shape index (κ2) is 3.88. The van der Waals surface area contributed by atoms with Crippen molar-refractivity contribution in [3.8, 4) is 6.07 Å². The molecule has 1 rings (SSSR count). The van der Waals surface area contributed by atoms with E-state index in [4.69, 9.17) is 16.9 Å². The zero-order chi connectivity index (χ0) is 9.14. The molecule has 0 spiro atoms. The van der Waals surface area contributed by atoms with Crippen molar-refractivity contribution >= 4 is 27.5 Å². The van der Waals surface area contributed by atoms with Crippen LogP contribution in [0.2, 0.25) is 5.02 Å². The number of nitrogens with zero attached hydrogens (tertiary/aromatic N) is 1. The molecule has 0 fully saturated rings. The van der Waals surface area contributed by atoms with Crippen molar-refractivity contribution in [3.05, 3.63) is 33.0 Å². The molecule has 1 aromatic rings. The van der Waals surface area contributed by atoms with Crippen molar-refractivity contribution < 1.29 is 4.39 Å². The molecule has 0 saturated heterocycles. The average molecular weight is 248 g/mol. The smallest absolute Gasteiger partial charge is 0.142 e. The number of hydrogen-bond donors (Lipinski definition) is 0. The number of rotatable bonds is 1. The van der Waals surface area contributed by atoms with Crippen molar-refractivity contribution in [3.63, 3.8) is 0 Å². The summed E-state index contributed by atoms with van der Waals surface area (Å²) < 4.78 is 13.5. The fourth-order valence-electron chi connectivity index (χ4n) is 0.784. The zero-order valence-electron chi connectivity index (χ0n) is 5.94. The van der Waals surface area contributed by atoms with Crippen molar-refractivity contribution in [2.45, 2.75) is 6.42 Å². The number of halogens is 3. The van der Waals surface area contributed by atoms with E-state index >= 15 is 0 Å². The summed E-state index contributed by atoms with van der Waals surface area (Å²) >= 11 is 8.68. The monoisotopic (exact) mass is 247 g/mol. The van der Waals surface area contributed by atoms with Gasteiger partial charge in [0.25, 0.3) is 0 Å². The summed E-state index contributed by atoms with van der Waals surface area (Å²) in [6.45, 7) is 0. The van der Waals surface area contributed by atoms with E-state index in [2.05, 4.69) is 15.9 Å². The van der Waals surface area contributed by atoms with Gasteiger partial charge in [-0.3, -0.25) is 0 Å². The fourth-order valence-corrected chi connectivity index (χ4v) is 1.56. The maximum absolute atomic E-state index is 12.8. The molecule has 0 radical (unpaired) electrons. The maximum Gasteiger partial charge on any atom is 0.142 e. The van der Waals surface area contributed by atoms with Crippen molar-refractivity contribution in [1.82, 2.24) is 0 Å². The van der Waals surface area contributed by atoms with Gasteiger partial charge in [0.1, 0.15) is 5.82 Å². The summed E-state index contributed by atoms with van der Waals surface area (Å²) in [4.78, 5) is 0. The minimum absolute atomic E-state index is 0.0589. The normalized spacial score (nSPS) is 9.50. The van der Waals surface area contributed by atoms with Crippen LogP contribution in [0, 0.1) is 17.1 Å². The summed E-state index contributed by atoms with van der Waals surface area (Å²) in [6.07, 6.45) is 0.175. The highest BCUT2D eigenvalue weighted by molar-refractivity contribution is 9.10. The van der Waals surface area contributed by atoms with Gasteiger partial charge in [0, 0.05) is 4.47 Å². The average Bonchev–Trinajstić information content (AvgIpc) is 2.01. The Morgan fingerprint density at radius 1 is 1.58 bits per heavy atom. The summed E-state index contributed by atoms with van der Waals surface area (Å²) in [5.41, 5.74) is 0.611. The molecule has 0 amide bonds. The second-order valence-corrected chi connectivity index (χ2v) is 3.45. The molecule has 1 aromatic carbocycles. The molecule has 0 heterocycles. The molecule has 0 aliphatic carbocycles. The Bertz CT molecular complexity index is 346. The predicted molar refractivity (Wildman–Crippen MR) is 48.4 cm³/mol. The molecule has 0 bridgehead atoms. The number of benzene rings is 1. The van der Waals surface area contributed by atoms with Gasteiger partial charge in [-0.15, -0.1) is 0 Å². The van der Waals surface area contributed by atoms with Crippen LogP contribution in [0.3, 0.4) is 0 Å². The highest BCUT2D eigenvalue weighted by atomic mass is 79.9. The molecule has 0 saturated carbocycles. The highest BCUT2D eigenvalue weighted by Crippen LogP contribution is 2.24. The van der Waals surface area contributed by atoms with E-state index in [9.17, 15) is 4.39 Å². The first kappa shape index (κ1) is 9.50. The predicted octanol–water partition coefficient (Wildman–Crippen LogP) is 3.31. The van der Waals surface area contributed by atoms with Crippen molar-refractivity contribution in [2.75, 3.05) is 0 Å². The summed E-state index contributed by atoms with van der Waals surface area (Å²) in [6, 6.07) is 4.64. The van der Waals surface area contributed by atoms with E-state index in [0.29, 0.717) is 10.0 Å².